The molecule has 1 aliphatic carbocycles. The molecule has 3 fully saturated rings. The van der Waals surface area contributed by atoms with Crippen LogP contribution >= 0.6 is 12.2 Å². The lowest BCUT2D eigenvalue weighted by Gasteiger charge is -2.43. The summed E-state index contributed by atoms with van der Waals surface area (Å²) in [6, 6.07) is 6.55. The lowest BCUT2D eigenvalue weighted by atomic mass is 9.75. The van der Waals surface area contributed by atoms with E-state index in [-0.39, 0.29) is 17.5 Å². The summed E-state index contributed by atoms with van der Waals surface area (Å²) in [7, 11) is 2.05. The van der Waals surface area contributed by atoms with Crippen molar-refractivity contribution in [2.45, 2.75) is 31.0 Å². The molecule has 0 bridgehead atoms. The summed E-state index contributed by atoms with van der Waals surface area (Å²) in [6.07, 6.45) is -2.53. The Labute approximate surface area is 228 Å². The van der Waals surface area contributed by atoms with Crippen molar-refractivity contribution in [2.24, 2.45) is 0 Å². The van der Waals surface area contributed by atoms with Gasteiger partial charge in [0.15, 0.2) is 22.4 Å². The number of nitriles is 1. The Morgan fingerprint density at radius 1 is 1.18 bits per heavy atom. The molecular formula is C26H26F4N6O2S. The summed E-state index contributed by atoms with van der Waals surface area (Å²) < 4.78 is 62.6. The Bertz CT molecular complexity index is 1330. The maximum atomic E-state index is 14.7. The predicted octanol–water partition coefficient (Wildman–Crippen LogP) is 3.80. The molecule has 8 nitrogen and oxygen atoms in total. The number of rotatable bonds is 6. The number of aromatic nitrogens is 1. The molecule has 39 heavy (non-hydrogen) atoms. The van der Waals surface area contributed by atoms with Gasteiger partial charge in [-0.25, -0.2) is 9.37 Å². The van der Waals surface area contributed by atoms with Gasteiger partial charge in [0.05, 0.1) is 5.69 Å². The molecule has 0 radical (unpaired) electrons. The zero-order valence-corrected chi connectivity index (χ0v) is 22.0. The minimum Gasteiger partial charge on any atom is -0.489 e. The first kappa shape index (κ1) is 27.2. The first-order chi connectivity index (χ1) is 18.6. The number of carbonyl (C=O) groups is 1. The fourth-order valence-corrected chi connectivity index (χ4v) is 5.75. The minimum absolute atomic E-state index is 0.0311. The van der Waals surface area contributed by atoms with Crippen molar-refractivity contribution in [3.05, 3.63) is 47.5 Å². The van der Waals surface area contributed by atoms with Gasteiger partial charge in [-0.3, -0.25) is 14.6 Å². The molecule has 5 rings (SSSR count). The number of alkyl halides is 3. The number of benzene rings is 1. The summed E-state index contributed by atoms with van der Waals surface area (Å²) in [5.41, 5.74) is -3.59. The summed E-state index contributed by atoms with van der Waals surface area (Å²) >= 11 is 5.59. The second kappa shape index (κ2) is 10.3. The number of ether oxygens (including phenoxy) is 1. The van der Waals surface area contributed by atoms with Crippen LogP contribution in [0.25, 0.3) is 0 Å². The van der Waals surface area contributed by atoms with Crippen LogP contribution in [-0.4, -0.2) is 77.7 Å². The van der Waals surface area contributed by atoms with E-state index in [1.807, 2.05) is 0 Å². The fourth-order valence-electron chi connectivity index (χ4n) is 5.29. The molecule has 1 saturated carbocycles. The zero-order valence-electron chi connectivity index (χ0n) is 21.2. The maximum absolute atomic E-state index is 14.7. The third-order valence-electron chi connectivity index (χ3n) is 7.59. The SMILES string of the molecule is CN1CCN(CCOc2cc(N3C(=S)N(c4ccnc(C#N)c4C(F)(F)F)C(=O)C34CCC4)ccc2F)CC1. The van der Waals surface area contributed by atoms with E-state index in [0.29, 0.717) is 31.5 Å². The van der Waals surface area contributed by atoms with Crippen molar-refractivity contribution in [1.82, 2.24) is 14.8 Å². The summed E-state index contributed by atoms with van der Waals surface area (Å²) in [6.45, 7) is 4.49. The third-order valence-corrected chi connectivity index (χ3v) is 7.95. The molecule has 3 heterocycles. The van der Waals surface area contributed by atoms with Crippen LogP contribution in [0.5, 0.6) is 5.75 Å². The summed E-state index contributed by atoms with van der Waals surface area (Å²) in [5.74, 6) is -1.25. The van der Waals surface area contributed by atoms with E-state index in [2.05, 4.69) is 21.8 Å². The number of pyridine rings is 1. The van der Waals surface area contributed by atoms with Crippen LogP contribution in [0.4, 0.5) is 28.9 Å². The number of hydrogen-bond acceptors (Lipinski definition) is 7. The highest BCUT2D eigenvalue weighted by atomic mass is 32.1. The average Bonchev–Trinajstić information content (AvgIpc) is 3.11. The summed E-state index contributed by atoms with van der Waals surface area (Å²) in [4.78, 5) is 24.0. The largest absolute Gasteiger partial charge is 0.489 e. The van der Waals surface area contributed by atoms with Gasteiger partial charge in [-0.15, -0.1) is 0 Å². The molecular weight excluding hydrogens is 536 g/mol. The van der Waals surface area contributed by atoms with Gasteiger partial charge in [0.2, 0.25) is 0 Å². The van der Waals surface area contributed by atoms with Gasteiger partial charge in [-0.05, 0) is 56.7 Å². The van der Waals surface area contributed by atoms with Gasteiger partial charge in [0.1, 0.15) is 23.8 Å². The Balaban J connectivity index is 1.45. The molecule has 1 amide bonds. The van der Waals surface area contributed by atoms with Crippen molar-refractivity contribution >= 4 is 34.6 Å². The number of anilines is 2. The topological polar surface area (TPSA) is 75.9 Å². The van der Waals surface area contributed by atoms with Crippen LogP contribution in [0, 0.1) is 17.1 Å². The molecule has 1 spiro atoms. The van der Waals surface area contributed by atoms with Crippen molar-refractivity contribution < 1.29 is 27.1 Å². The lowest BCUT2D eigenvalue weighted by molar-refractivity contribution is -0.137. The van der Waals surface area contributed by atoms with Crippen molar-refractivity contribution in [2.75, 3.05) is 56.2 Å². The molecule has 2 aliphatic heterocycles. The Kier molecular flexibility index (Phi) is 7.21. The number of carbonyl (C=O) groups excluding carboxylic acids is 1. The standard InChI is InChI=1S/C26H26F4N6O2S/c1-33-9-11-34(12-10-33)13-14-38-21-15-17(3-4-18(21)27)36-24(39)35(23(37)25(36)6-2-7-25)20-5-8-32-19(16-31)22(20)26(28,29)30/h3-5,8,15H,2,6-7,9-14H2,1H3. The highest BCUT2D eigenvalue weighted by Crippen LogP contribution is 2.50. The molecule has 13 heteroatoms. The number of thiocarbonyl (C=S) groups is 1. The molecule has 0 N–H and O–H groups in total. The smallest absolute Gasteiger partial charge is 0.421 e. The highest BCUT2D eigenvalue weighted by Gasteiger charge is 2.60. The van der Waals surface area contributed by atoms with E-state index >= 15 is 0 Å². The van der Waals surface area contributed by atoms with Crippen LogP contribution in [0.15, 0.2) is 30.5 Å². The highest BCUT2D eigenvalue weighted by molar-refractivity contribution is 7.81. The van der Waals surface area contributed by atoms with E-state index in [1.165, 1.54) is 29.2 Å². The maximum Gasteiger partial charge on any atom is 0.421 e. The van der Waals surface area contributed by atoms with Gasteiger partial charge in [-0.2, -0.15) is 18.4 Å². The van der Waals surface area contributed by atoms with Crippen molar-refractivity contribution in [3.63, 3.8) is 0 Å². The fraction of sp³-hybridized carbons (Fsp3) is 0.462. The monoisotopic (exact) mass is 562 g/mol. The second-order valence-corrected chi connectivity index (χ2v) is 10.3. The number of amides is 1. The summed E-state index contributed by atoms with van der Waals surface area (Å²) in [5, 5.41) is 9.09. The second-order valence-electron chi connectivity index (χ2n) is 9.92. The number of halogens is 4. The molecule has 1 aromatic carbocycles. The van der Waals surface area contributed by atoms with Crippen LogP contribution in [0.2, 0.25) is 0 Å². The van der Waals surface area contributed by atoms with E-state index in [0.717, 1.165) is 43.3 Å². The van der Waals surface area contributed by atoms with E-state index in [1.54, 1.807) is 0 Å². The van der Waals surface area contributed by atoms with Crippen LogP contribution in [0.3, 0.4) is 0 Å². The van der Waals surface area contributed by atoms with Gasteiger partial charge >= 0.3 is 6.18 Å². The molecule has 2 saturated heterocycles. The van der Waals surface area contributed by atoms with Crippen LogP contribution in [-0.2, 0) is 11.0 Å². The third kappa shape index (κ3) is 4.81. The average molecular weight is 563 g/mol. The van der Waals surface area contributed by atoms with Gasteiger partial charge in [0, 0.05) is 50.7 Å². The molecule has 0 atom stereocenters. The Hall–Kier alpha value is -3.34. The van der Waals surface area contributed by atoms with Gasteiger partial charge < -0.3 is 14.5 Å². The van der Waals surface area contributed by atoms with E-state index in [4.69, 9.17) is 17.0 Å². The quantitative estimate of drug-likeness (QED) is 0.389. The molecule has 3 aliphatic rings. The number of hydrogen-bond donors (Lipinski definition) is 0. The first-order valence-corrected chi connectivity index (χ1v) is 13.0. The number of likely N-dealkylation sites (N-methyl/N-ethyl adjacent to an activating group) is 1. The molecule has 1 aromatic heterocycles. The van der Waals surface area contributed by atoms with Gasteiger partial charge in [-0.1, -0.05) is 0 Å². The Morgan fingerprint density at radius 3 is 2.51 bits per heavy atom. The zero-order chi connectivity index (χ0) is 27.9. The van der Waals surface area contributed by atoms with Crippen molar-refractivity contribution in [3.8, 4) is 11.8 Å². The Morgan fingerprint density at radius 2 is 1.90 bits per heavy atom. The van der Waals surface area contributed by atoms with Crippen molar-refractivity contribution in [1.29, 1.82) is 5.26 Å². The molecule has 206 valence electrons. The predicted molar refractivity (Wildman–Crippen MR) is 139 cm³/mol. The van der Waals surface area contributed by atoms with Gasteiger partial charge in [0.25, 0.3) is 5.91 Å². The first-order valence-electron chi connectivity index (χ1n) is 12.5. The number of nitrogens with zero attached hydrogens (tertiary/aromatic N) is 6. The molecule has 2 aromatic rings. The van der Waals surface area contributed by atoms with Crippen LogP contribution in [0.1, 0.15) is 30.5 Å². The minimum atomic E-state index is -4.95. The van der Waals surface area contributed by atoms with E-state index < -0.39 is 40.4 Å². The number of piperazine rings is 1. The lowest BCUT2D eigenvalue weighted by Crippen LogP contribution is -2.55. The normalized spacial score (nSPS) is 19.9. The van der Waals surface area contributed by atoms with E-state index in [9.17, 15) is 27.6 Å². The van der Waals surface area contributed by atoms with Crippen LogP contribution < -0.4 is 14.5 Å². The molecule has 0 unspecified atom stereocenters.